The molecule has 0 amide bonds. The van der Waals surface area contributed by atoms with Gasteiger partial charge in [0.05, 0.1) is 0 Å². The molecule has 5 rings (SSSR count). The molecule has 0 saturated heterocycles. The van der Waals surface area contributed by atoms with E-state index in [4.69, 9.17) is 0 Å². The molecule has 178 valence electrons. The van der Waals surface area contributed by atoms with Gasteiger partial charge in [0.15, 0.2) is 0 Å². The number of hydrogen-bond acceptors (Lipinski definition) is 0. The van der Waals surface area contributed by atoms with Crippen LogP contribution in [0.15, 0.2) is 97.1 Å². The van der Waals surface area contributed by atoms with Crippen molar-refractivity contribution in [3.05, 3.63) is 130 Å². The van der Waals surface area contributed by atoms with Crippen LogP contribution in [-0.2, 0) is 29.1 Å². The normalized spacial score (nSPS) is 14.5. The van der Waals surface area contributed by atoms with Crippen molar-refractivity contribution in [1.82, 2.24) is 0 Å². The van der Waals surface area contributed by atoms with Gasteiger partial charge < -0.3 is 0 Å². The van der Waals surface area contributed by atoms with E-state index in [1.54, 1.807) is 0 Å². The highest BCUT2D eigenvalue weighted by Crippen LogP contribution is 2.52. The lowest BCUT2D eigenvalue weighted by Crippen LogP contribution is -2.31. The first kappa shape index (κ1) is 23.6. The van der Waals surface area contributed by atoms with Crippen molar-refractivity contribution in [3.8, 4) is 11.1 Å². The fourth-order valence-corrected chi connectivity index (χ4v) is 5.80. The van der Waals surface area contributed by atoms with Crippen LogP contribution in [0.4, 0.5) is 0 Å². The molecule has 0 fully saturated rings. The van der Waals surface area contributed by atoms with E-state index >= 15 is 0 Å². The summed E-state index contributed by atoms with van der Waals surface area (Å²) in [5.74, 6) is 0. The monoisotopic (exact) mass is 458 g/mol. The summed E-state index contributed by atoms with van der Waals surface area (Å²) in [6, 6.07) is 36.9. The molecule has 0 aromatic heterocycles. The fourth-order valence-electron chi connectivity index (χ4n) is 5.80. The van der Waals surface area contributed by atoms with Gasteiger partial charge in [-0.3, -0.25) is 0 Å². The maximum atomic E-state index is 2.36. The number of hydrogen-bond donors (Lipinski definition) is 0. The van der Waals surface area contributed by atoms with Crippen LogP contribution in [-0.4, -0.2) is 0 Å². The van der Waals surface area contributed by atoms with Crippen LogP contribution >= 0.6 is 0 Å². The van der Waals surface area contributed by atoms with E-state index in [2.05, 4.69) is 139 Å². The molecule has 0 heterocycles. The zero-order chi connectivity index (χ0) is 24.8. The van der Waals surface area contributed by atoms with Gasteiger partial charge in [0.1, 0.15) is 0 Å². The van der Waals surface area contributed by atoms with Crippen LogP contribution in [0.5, 0.6) is 0 Å². The third kappa shape index (κ3) is 4.36. The summed E-state index contributed by atoms with van der Waals surface area (Å²) in [6.45, 7) is 13.7. The number of benzene rings is 4. The molecule has 0 heteroatoms. The number of fused-ring (bicyclic) bond motifs is 3. The molecule has 0 saturated carbocycles. The highest BCUT2D eigenvalue weighted by molar-refractivity contribution is 5.81. The van der Waals surface area contributed by atoms with E-state index in [0.717, 1.165) is 12.8 Å². The fraction of sp³-hybridized carbons (Fsp3) is 0.314. The maximum Gasteiger partial charge on any atom is 0.0295 e. The topological polar surface area (TPSA) is 0 Å². The SMILES string of the molecule is CC(C)(C)c1ccc(CC2(Cc3ccc(C(C)(C)C)cc3)c3ccccc3-c3ccccc32)cc1. The van der Waals surface area contributed by atoms with Crippen molar-refractivity contribution in [2.45, 2.75) is 70.6 Å². The minimum atomic E-state index is -0.0836. The van der Waals surface area contributed by atoms with E-state index in [1.807, 2.05) is 0 Å². The van der Waals surface area contributed by atoms with Crippen molar-refractivity contribution < 1.29 is 0 Å². The lowest BCUT2D eigenvalue weighted by Gasteiger charge is -2.33. The Hall–Kier alpha value is -3.12. The molecular formula is C35H38. The molecule has 0 aliphatic heterocycles. The summed E-state index contributed by atoms with van der Waals surface area (Å²) in [5, 5.41) is 0. The molecule has 0 radical (unpaired) electrons. The summed E-state index contributed by atoms with van der Waals surface area (Å²) in [4.78, 5) is 0. The Morgan fingerprint density at radius 3 is 1.14 bits per heavy atom. The first-order chi connectivity index (χ1) is 16.6. The van der Waals surface area contributed by atoms with Crippen molar-refractivity contribution in [1.29, 1.82) is 0 Å². The van der Waals surface area contributed by atoms with Gasteiger partial charge in [-0.2, -0.15) is 0 Å². The second kappa shape index (κ2) is 8.52. The molecule has 0 atom stereocenters. The quantitative estimate of drug-likeness (QED) is 0.286. The van der Waals surface area contributed by atoms with E-state index in [9.17, 15) is 0 Å². The molecule has 4 aromatic rings. The van der Waals surface area contributed by atoms with Gasteiger partial charge >= 0.3 is 0 Å². The molecule has 0 bridgehead atoms. The van der Waals surface area contributed by atoms with Crippen LogP contribution in [0.2, 0.25) is 0 Å². The van der Waals surface area contributed by atoms with Gasteiger partial charge in [0, 0.05) is 5.41 Å². The summed E-state index contributed by atoms with van der Waals surface area (Å²) in [5.41, 5.74) is 11.5. The maximum absolute atomic E-state index is 2.36. The van der Waals surface area contributed by atoms with Crippen LogP contribution in [0.3, 0.4) is 0 Å². The lowest BCUT2D eigenvalue weighted by atomic mass is 9.69. The average Bonchev–Trinajstić information content (AvgIpc) is 3.09. The molecule has 0 N–H and O–H groups in total. The van der Waals surface area contributed by atoms with Crippen molar-refractivity contribution in [3.63, 3.8) is 0 Å². The largest absolute Gasteiger partial charge is 0.0619 e. The van der Waals surface area contributed by atoms with E-state index < -0.39 is 0 Å². The van der Waals surface area contributed by atoms with Gasteiger partial charge in [-0.15, -0.1) is 0 Å². The van der Waals surface area contributed by atoms with Crippen LogP contribution in [0.25, 0.3) is 11.1 Å². The van der Waals surface area contributed by atoms with E-state index in [-0.39, 0.29) is 16.2 Å². The first-order valence-electron chi connectivity index (χ1n) is 13.0. The molecule has 1 aliphatic carbocycles. The van der Waals surface area contributed by atoms with Gasteiger partial charge in [-0.1, -0.05) is 139 Å². The second-order valence-corrected chi connectivity index (χ2v) is 12.4. The standard InChI is InChI=1S/C35H38/c1-33(2,3)27-19-15-25(16-20-27)23-35(24-26-17-21-28(22-18-26)34(4,5)6)31-13-9-7-11-29(31)30-12-8-10-14-32(30)35/h7-22H,23-24H2,1-6H3. The Kier molecular flexibility index (Phi) is 5.75. The average molecular weight is 459 g/mol. The van der Waals surface area contributed by atoms with Gasteiger partial charge in [0.2, 0.25) is 0 Å². The van der Waals surface area contributed by atoms with Crippen LogP contribution in [0, 0.1) is 0 Å². The zero-order valence-corrected chi connectivity index (χ0v) is 22.2. The van der Waals surface area contributed by atoms with Crippen LogP contribution < -0.4 is 0 Å². The predicted molar refractivity (Wildman–Crippen MR) is 150 cm³/mol. The molecule has 1 aliphatic rings. The Balaban J connectivity index is 1.63. The molecular weight excluding hydrogens is 420 g/mol. The third-order valence-electron chi connectivity index (χ3n) is 7.83. The Labute approximate surface area is 212 Å². The zero-order valence-electron chi connectivity index (χ0n) is 22.2. The molecule has 0 spiro atoms. The highest BCUT2D eigenvalue weighted by Gasteiger charge is 2.43. The van der Waals surface area contributed by atoms with E-state index in [0.29, 0.717) is 0 Å². The molecule has 4 aromatic carbocycles. The van der Waals surface area contributed by atoms with Crippen molar-refractivity contribution >= 4 is 0 Å². The molecule has 0 unspecified atom stereocenters. The smallest absolute Gasteiger partial charge is 0.0295 e. The van der Waals surface area contributed by atoms with Gasteiger partial charge in [-0.25, -0.2) is 0 Å². The third-order valence-corrected chi connectivity index (χ3v) is 7.83. The Morgan fingerprint density at radius 2 is 0.800 bits per heavy atom. The second-order valence-electron chi connectivity index (χ2n) is 12.4. The minimum Gasteiger partial charge on any atom is -0.0619 e. The van der Waals surface area contributed by atoms with Crippen molar-refractivity contribution in [2.75, 3.05) is 0 Å². The molecule has 35 heavy (non-hydrogen) atoms. The van der Waals surface area contributed by atoms with Gasteiger partial charge in [-0.05, 0) is 68.2 Å². The van der Waals surface area contributed by atoms with Crippen molar-refractivity contribution in [2.24, 2.45) is 0 Å². The van der Waals surface area contributed by atoms with Gasteiger partial charge in [0.25, 0.3) is 0 Å². The predicted octanol–water partition coefficient (Wildman–Crippen LogP) is 9.03. The summed E-state index contributed by atoms with van der Waals surface area (Å²) in [7, 11) is 0. The minimum absolute atomic E-state index is 0.0836. The van der Waals surface area contributed by atoms with Crippen LogP contribution in [0.1, 0.15) is 74.9 Å². The Morgan fingerprint density at radius 1 is 0.457 bits per heavy atom. The lowest BCUT2D eigenvalue weighted by molar-refractivity contribution is 0.518. The van der Waals surface area contributed by atoms with E-state index in [1.165, 1.54) is 44.5 Å². The highest BCUT2D eigenvalue weighted by atomic mass is 14.4. The number of rotatable bonds is 4. The molecule has 0 nitrogen and oxygen atoms in total. The first-order valence-corrected chi connectivity index (χ1v) is 13.0. The summed E-state index contributed by atoms with van der Waals surface area (Å²) in [6.07, 6.45) is 1.99. The summed E-state index contributed by atoms with van der Waals surface area (Å²) >= 11 is 0. The Bertz CT molecular complexity index is 1220. The summed E-state index contributed by atoms with van der Waals surface area (Å²) < 4.78 is 0.